The van der Waals surface area contributed by atoms with Gasteiger partial charge in [-0.3, -0.25) is 4.98 Å². The molecule has 0 spiro atoms. The topological polar surface area (TPSA) is 42.7 Å². The Bertz CT molecular complexity index is 890. The van der Waals surface area contributed by atoms with Gasteiger partial charge in [-0.25, -0.2) is 4.98 Å². The monoisotopic (exact) mass is 420 g/mol. The number of rotatable bonds is 7. The van der Waals surface area contributed by atoms with E-state index in [-0.39, 0.29) is 0 Å². The standard InChI is InChI=1S/C20H22Cl2N4S/c1-13(2)19-20(27-17-8-15(21)7-16(22)9-17)26(18(25-19)11-23-3)12-14-5-4-6-24-10-14/h4-10,13,23H,11-12H2,1-3H3. The quantitative estimate of drug-likeness (QED) is 0.537. The maximum Gasteiger partial charge on any atom is 0.124 e. The molecule has 0 bridgehead atoms. The van der Waals surface area contributed by atoms with Gasteiger partial charge in [-0.2, -0.15) is 0 Å². The number of pyridine rings is 1. The summed E-state index contributed by atoms with van der Waals surface area (Å²) in [7, 11) is 1.93. The molecule has 0 aliphatic heterocycles. The highest BCUT2D eigenvalue weighted by molar-refractivity contribution is 7.99. The normalized spacial score (nSPS) is 11.3. The average molecular weight is 421 g/mol. The summed E-state index contributed by atoms with van der Waals surface area (Å²) < 4.78 is 2.25. The summed E-state index contributed by atoms with van der Waals surface area (Å²) in [5.74, 6) is 1.30. The fourth-order valence-electron chi connectivity index (χ4n) is 2.82. The SMILES string of the molecule is CNCc1nc(C(C)C)c(Sc2cc(Cl)cc(Cl)c2)n1Cc1cccnc1. The van der Waals surface area contributed by atoms with Gasteiger partial charge < -0.3 is 9.88 Å². The summed E-state index contributed by atoms with van der Waals surface area (Å²) >= 11 is 14.1. The smallest absolute Gasteiger partial charge is 0.124 e. The fourth-order valence-corrected chi connectivity index (χ4v) is 4.73. The van der Waals surface area contributed by atoms with E-state index in [0.29, 0.717) is 29.1 Å². The molecular weight excluding hydrogens is 399 g/mol. The van der Waals surface area contributed by atoms with Crippen LogP contribution in [0.4, 0.5) is 0 Å². The van der Waals surface area contributed by atoms with Gasteiger partial charge >= 0.3 is 0 Å². The van der Waals surface area contributed by atoms with Gasteiger partial charge in [-0.15, -0.1) is 0 Å². The Labute approximate surface area is 174 Å². The largest absolute Gasteiger partial charge is 0.317 e. The highest BCUT2D eigenvalue weighted by atomic mass is 35.5. The average Bonchev–Trinajstić information content (AvgIpc) is 2.93. The molecule has 2 aromatic heterocycles. The van der Waals surface area contributed by atoms with Crippen molar-refractivity contribution in [3.8, 4) is 0 Å². The zero-order chi connectivity index (χ0) is 19.4. The predicted octanol–water partition coefficient (Wildman–Crippen LogP) is 5.63. The van der Waals surface area contributed by atoms with Gasteiger partial charge in [0.1, 0.15) is 10.9 Å². The summed E-state index contributed by atoms with van der Waals surface area (Å²) in [4.78, 5) is 10.2. The van der Waals surface area contributed by atoms with Crippen LogP contribution in [0.3, 0.4) is 0 Å². The van der Waals surface area contributed by atoms with E-state index in [2.05, 4.69) is 34.8 Å². The van der Waals surface area contributed by atoms with Gasteiger partial charge in [0.15, 0.2) is 0 Å². The Morgan fingerprint density at radius 3 is 2.52 bits per heavy atom. The van der Waals surface area contributed by atoms with Gasteiger partial charge in [0.2, 0.25) is 0 Å². The van der Waals surface area contributed by atoms with Crippen molar-refractivity contribution >= 4 is 35.0 Å². The van der Waals surface area contributed by atoms with E-state index in [1.165, 1.54) is 0 Å². The van der Waals surface area contributed by atoms with Gasteiger partial charge in [0.05, 0.1) is 18.8 Å². The lowest BCUT2D eigenvalue weighted by Gasteiger charge is -2.14. The molecule has 0 fully saturated rings. The third kappa shape index (κ3) is 5.05. The van der Waals surface area contributed by atoms with E-state index in [0.717, 1.165) is 27.0 Å². The van der Waals surface area contributed by atoms with Gasteiger partial charge in [0.25, 0.3) is 0 Å². The van der Waals surface area contributed by atoms with Crippen LogP contribution in [0.25, 0.3) is 0 Å². The van der Waals surface area contributed by atoms with E-state index in [1.807, 2.05) is 31.4 Å². The third-order valence-electron chi connectivity index (χ3n) is 4.02. The van der Waals surface area contributed by atoms with Crippen molar-refractivity contribution in [2.75, 3.05) is 7.05 Å². The van der Waals surface area contributed by atoms with E-state index >= 15 is 0 Å². The Kier molecular flexibility index (Phi) is 6.82. The van der Waals surface area contributed by atoms with Gasteiger partial charge in [-0.1, -0.05) is 54.9 Å². The van der Waals surface area contributed by atoms with Crippen LogP contribution < -0.4 is 5.32 Å². The number of halogens is 2. The second-order valence-electron chi connectivity index (χ2n) is 6.56. The molecule has 7 heteroatoms. The van der Waals surface area contributed by atoms with Crippen molar-refractivity contribution in [3.05, 3.63) is 69.9 Å². The Balaban J connectivity index is 2.08. The maximum absolute atomic E-state index is 6.20. The van der Waals surface area contributed by atoms with Crippen molar-refractivity contribution in [2.24, 2.45) is 0 Å². The number of imidazole rings is 1. The highest BCUT2D eigenvalue weighted by Crippen LogP contribution is 2.37. The lowest BCUT2D eigenvalue weighted by Crippen LogP contribution is -2.13. The van der Waals surface area contributed by atoms with E-state index in [9.17, 15) is 0 Å². The number of hydrogen-bond donors (Lipinski definition) is 1. The lowest BCUT2D eigenvalue weighted by molar-refractivity contribution is 0.637. The Morgan fingerprint density at radius 2 is 1.93 bits per heavy atom. The van der Waals surface area contributed by atoms with Crippen LogP contribution >= 0.6 is 35.0 Å². The van der Waals surface area contributed by atoms with Gasteiger partial charge in [0, 0.05) is 27.3 Å². The maximum atomic E-state index is 6.20. The minimum Gasteiger partial charge on any atom is -0.317 e. The Hall–Kier alpha value is -1.53. The van der Waals surface area contributed by atoms with Crippen LogP contribution in [-0.2, 0) is 13.1 Å². The van der Waals surface area contributed by atoms with Crippen molar-refractivity contribution in [2.45, 2.75) is 42.8 Å². The van der Waals surface area contributed by atoms with Crippen molar-refractivity contribution in [1.82, 2.24) is 19.9 Å². The zero-order valence-corrected chi connectivity index (χ0v) is 17.9. The second-order valence-corrected chi connectivity index (χ2v) is 8.49. The number of hydrogen-bond acceptors (Lipinski definition) is 4. The summed E-state index contributed by atoms with van der Waals surface area (Å²) in [5.41, 5.74) is 2.21. The molecule has 3 aromatic rings. The lowest BCUT2D eigenvalue weighted by atomic mass is 10.1. The van der Waals surface area contributed by atoms with Crippen LogP contribution in [0, 0.1) is 0 Å². The van der Waals surface area contributed by atoms with Crippen molar-refractivity contribution in [1.29, 1.82) is 0 Å². The summed E-state index contributed by atoms with van der Waals surface area (Å²) in [6.07, 6.45) is 3.68. The molecule has 27 heavy (non-hydrogen) atoms. The number of nitrogens with zero attached hydrogens (tertiary/aromatic N) is 3. The molecule has 142 valence electrons. The molecule has 4 nitrogen and oxygen atoms in total. The minimum atomic E-state index is 0.299. The number of benzene rings is 1. The second kappa shape index (κ2) is 9.11. The van der Waals surface area contributed by atoms with Crippen LogP contribution in [-0.4, -0.2) is 21.6 Å². The molecule has 0 saturated carbocycles. The predicted molar refractivity (Wildman–Crippen MR) is 113 cm³/mol. The molecule has 1 N–H and O–H groups in total. The molecule has 2 heterocycles. The first kappa shape index (κ1) is 20.2. The molecule has 0 aliphatic rings. The zero-order valence-electron chi connectivity index (χ0n) is 15.5. The number of nitrogens with one attached hydrogen (secondary N) is 1. The fraction of sp³-hybridized carbons (Fsp3) is 0.300. The molecule has 3 rings (SSSR count). The summed E-state index contributed by atoms with van der Waals surface area (Å²) in [6.45, 7) is 5.72. The molecule has 0 atom stereocenters. The van der Waals surface area contributed by atoms with Crippen LogP contribution in [0.2, 0.25) is 10.0 Å². The van der Waals surface area contributed by atoms with E-state index in [4.69, 9.17) is 28.2 Å². The van der Waals surface area contributed by atoms with E-state index < -0.39 is 0 Å². The molecule has 0 aliphatic carbocycles. The third-order valence-corrected chi connectivity index (χ3v) is 5.55. The first-order valence-electron chi connectivity index (χ1n) is 8.74. The van der Waals surface area contributed by atoms with Crippen LogP contribution in [0.1, 0.15) is 36.8 Å². The molecule has 0 saturated heterocycles. The van der Waals surface area contributed by atoms with Crippen LogP contribution in [0.5, 0.6) is 0 Å². The molecular formula is C20H22Cl2N4S. The van der Waals surface area contributed by atoms with Gasteiger partial charge in [-0.05, 0) is 42.8 Å². The molecule has 0 radical (unpaired) electrons. The van der Waals surface area contributed by atoms with Crippen LogP contribution in [0.15, 0.2) is 52.6 Å². The summed E-state index contributed by atoms with van der Waals surface area (Å²) in [6, 6.07) is 9.64. The first-order chi connectivity index (χ1) is 13.0. The highest BCUT2D eigenvalue weighted by Gasteiger charge is 2.20. The van der Waals surface area contributed by atoms with E-state index in [1.54, 1.807) is 24.0 Å². The van der Waals surface area contributed by atoms with Crippen molar-refractivity contribution < 1.29 is 0 Å². The Morgan fingerprint density at radius 1 is 1.19 bits per heavy atom. The molecule has 0 amide bonds. The van der Waals surface area contributed by atoms with Crippen molar-refractivity contribution in [3.63, 3.8) is 0 Å². The molecule has 1 aromatic carbocycles. The first-order valence-corrected chi connectivity index (χ1v) is 10.3. The number of aromatic nitrogens is 3. The minimum absolute atomic E-state index is 0.299. The molecule has 0 unspecified atom stereocenters. The summed E-state index contributed by atoms with van der Waals surface area (Å²) in [5, 5.41) is 5.59.